The normalized spacial score (nSPS) is 12.2. The Morgan fingerprint density at radius 3 is 2.36 bits per heavy atom. The van der Waals surface area contributed by atoms with Crippen molar-refractivity contribution in [1.82, 2.24) is 9.78 Å². The summed E-state index contributed by atoms with van der Waals surface area (Å²) in [5.74, 6) is -2.65. The van der Waals surface area contributed by atoms with Crippen molar-refractivity contribution in [3.63, 3.8) is 0 Å². The number of esters is 1. The van der Waals surface area contributed by atoms with Crippen molar-refractivity contribution in [2.24, 2.45) is 0 Å². The fourth-order valence-electron chi connectivity index (χ4n) is 2.22. The summed E-state index contributed by atoms with van der Waals surface area (Å²) in [6.45, 7) is 1.24. The standard InChI is InChI=1S/C16H10F4N2O5S/c1-9(23)26-12-4-2-11(3-5-12)22-8-10-6-15(13(17)7-14(10)21-22)27-28(24,25)16(18,19)20/h2-8H,1H3. The van der Waals surface area contributed by atoms with E-state index in [2.05, 4.69) is 9.28 Å². The Balaban J connectivity index is 1.95. The molecule has 3 aromatic rings. The molecule has 0 aliphatic heterocycles. The van der Waals surface area contributed by atoms with Gasteiger partial charge in [-0.1, -0.05) is 0 Å². The number of fused-ring (bicyclic) bond motifs is 1. The van der Waals surface area contributed by atoms with E-state index < -0.39 is 33.2 Å². The average molecular weight is 418 g/mol. The van der Waals surface area contributed by atoms with E-state index in [1.165, 1.54) is 42.1 Å². The van der Waals surface area contributed by atoms with Gasteiger partial charge >= 0.3 is 21.6 Å². The van der Waals surface area contributed by atoms with Crippen LogP contribution in [-0.4, -0.2) is 29.7 Å². The number of nitrogens with zero attached hydrogens (tertiary/aromatic N) is 2. The highest BCUT2D eigenvalue weighted by atomic mass is 32.2. The number of ether oxygens (including phenoxy) is 1. The van der Waals surface area contributed by atoms with E-state index in [4.69, 9.17) is 4.74 Å². The van der Waals surface area contributed by atoms with Crippen molar-refractivity contribution in [1.29, 1.82) is 0 Å². The number of halogens is 4. The van der Waals surface area contributed by atoms with Crippen LogP contribution in [0.2, 0.25) is 0 Å². The number of carbonyl (C=O) groups excluding carboxylic acids is 1. The van der Waals surface area contributed by atoms with Gasteiger partial charge < -0.3 is 8.92 Å². The lowest BCUT2D eigenvalue weighted by molar-refractivity contribution is -0.131. The van der Waals surface area contributed by atoms with Crippen LogP contribution in [0.4, 0.5) is 17.6 Å². The molecule has 0 N–H and O–H groups in total. The van der Waals surface area contributed by atoms with Gasteiger partial charge in [-0.25, -0.2) is 9.07 Å². The van der Waals surface area contributed by atoms with Gasteiger partial charge in [0.25, 0.3) is 0 Å². The molecule has 0 aliphatic rings. The van der Waals surface area contributed by atoms with Gasteiger partial charge in [-0.15, -0.1) is 0 Å². The summed E-state index contributed by atoms with van der Waals surface area (Å²) < 4.78 is 83.4. The van der Waals surface area contributed by atoms with Crippen LogP contribution in [0.15, 0.2) is 42.6 Å². The highest BCUT2D eigenvalue weighted by molar-refractivity contribution is 7.88. The number of hydrogen-bond donors (Lipinski definition) is 0. The number of hydrogen-bond acceptors (Lipinski definition) is 6. The Hall–Kier alpha value is -3.15. The molecule has 28 heavy (non-hydrogen) atoms. The molecule has 0 unspecified atom stereocenters. The molecule has 2 aromatic carbocycles. The molecule has 0 saturated carbocycles. The maximum absolute atomic E-state index is 14.0. The van der Waals surface area contributed by atoms with Crippen molar-refractivity contribution in [3.05, 3.63) is 48.4 Å². The van der Waals surface area contributed by atoms with Crippen LogP contribution in [0.5, 0.6) is 11.5 Å². The van der Waals surface area contributed by atoms with Crippen LogP contribution in [0.25, 0.3) is 16.6 Å². The number of rotatable bonds is 4. The third-order valence-electron chi connectivity index (χ3n) is 3.40. The van der Waals surface area contributed by atoms with Crippen LogP contribution in [0.3, 0.4) is 0 Å². The molecule has 0 fully saturated rings. The van der Waals surface area contributed by atoms with Crippen molar-refractivity contribution in [3.8, 4) is 17.2 Å². The molecular weight excluding hydrogens is 408 g/mol. The van der Waals surface area contributed by atoms with Crippen molar-refractivity contribution in [2.75, 3.05) is 0 Å². The van der Waals surface area contributed by atoms with E-state index in [1.54, 1.807) is 0 Å². The molecule has 148 valence electrons. The maximum Gasteiger partial charge on any atom is 0.534 e. The zero-order valence-corrected chi connectivity index (χ0v) is 14.7. The molecule has 1 heterocycles. The minimum atomic E-state index is -6.01. The Morgan fingerprint density at radius 1 is 1.14 bits per heavy atom. The van der Waals surface area contributed by atoms with E-state index in [0.717, 1.165) is 12.1 Å². The number of carbonyl (C=O) groups is 1. The molecule has 0 saturated heterocycles. The van der Waals surface area contributed by atoms with Crippen LogP contribution < -0.4 is 8.92 Å². The molecule has 0 spiro atoms. The molecule has 7 nitrogen and oxygen atoms in total. The van der Waals surface area contributed by atoms with Gasteiger partial charge in [0.05, 0.1) is 11.2 Å². The van der Waals surface area contributed by atoms with Crippen LogP contribution in [-0.2, 0) is 14.9 Å². The van der Waals surface area contributed by atoms with Crippen LogP contribution >= 0.6 is 0 Å². The molecule has 3 rings (SSSR count). The monoisotopic (exact) mass is 418 g/mol. The predicted octanol–water partition coefficient (Wildman–Crippen LogP) is 3.32. The van der Waals surface area contributed by atoms with E-state index in [9.17, 15) is 30.8 Å². The average Bonchev–Trinajstić information content (AvgIpc) is 2.96. The smallest absolute Gasteiger partial charge is 0.427 e. The predicted molar refractivity (Wildman–Crippen MR) is 87.9 cm³/mol. The number of aromatic nitrogens is 2. The van der Waals surface area contributed by atoms with Gasteiger partial charge in [0.2, 0.25) is 0 Å². The summed E-state index contributed by atoms with van der Waals surface area (Å²) in [4.78, 5) is 10.9. The lowest BCUT2D eigenvalue weighted by atomic mass is 10.2. The Bertz CT molecular complexity index is 1150. The first-order chi connectivity index (χ1) is 13.0. The minimum Gasteiger partial charge on any atom is -0.427 e. The van der Waals surface area contributed by atoms with Crippen molar-refractivity contribution < 1.29 is 39.7 Å². The van der Waals surface area contributed by atoms with Gasteiger partial charge in [-0.2, -0.15) is 26.7 Å². The van der Waals surface area contributed by atoms with Gasteiger partial charge in [-0.05, 0) is 30.3 Å². The second kappa shape index (κ2) is 6.78. The van der Waals surface area contributed by atoms with E-state index in [-0.39, 0.29) is 16.7 Å². The Labute approximate surface area is 155 Å². The third kappa shape index (κ3) is 3.91. The molecule has 0 radical (unpaired) electrons. The highest BCUT2D eigenvalue weighted by Crippen LogP contribution is 2.31. The number of benzene rings is 2. The summed E-state index contributed by atoms with van der Waals surface area (Å²) in [5, 5.41) is 4.20. The third-order valence-corrected chi connectivity index (χ3v) is 4.37. The summed E-state index contributed by atoms with van der Waals surface area (Å²) in [7, 11) is -6.01. The van der Waals surface area contributed by atoms with Crippen molar-refractivity contribution >= 4 is 27.0 Å². The summed E-state index contributed by atoms with van der Waals surface area (Å²) in [5.41, 5.74) is -5.17. The molecular formula is C16H10F4N2O5S. The second-order valence-corrected chi connectivity index (χ2v) is 7.02. The van der Waals surface area contributed by atoms with E-state index in [1.807, 2.05) is 0 Å². The summed E-state index contributed by atoms with van der Waals surface area (Å²) in [6.07, 6.45) is 1.34. The van der Waals surface area contributed by atoms with E-state index >= 15 is 0 Å². The van der Waals surface area contributed by atoms with Crippen molar-refractivity contribution in [2.45, 2.75) is 12.4 Å². The topological polar surface area (TPSA) is 87.5 Å². The Morgan fingerprint density at radius 2 is 1.79 bits per heavy atom. The first-order valence-corrected chi connectivity index (χ1v) is 8.85. The summed E-state index contributed by atoms with van der Waals surface area (Å²) in [6, 6.07) is 7.57. The van der Waals surface area contributed by atoms with Crippen LogP contribution in [0.1, 0.15) is 6.92 Å². The molecule has 0 bridgehead atoms. The molecule has 1 aromatic heterocycles. The van der Waals surface area contributed by atoms with Gasteiger partial charge in [0.1, 0.15) is 5.75 Å². The highest BCUT2D eigenvalue weighted by Gasteiger charge is 2.49. The first-order valence-electron chi connectivity index (χ1n) is 7.45. The second-order valence-electron chi connectivity index (χ2n) is 5.49. The summed E-state index contributed by atoms with van der Waals surface area (Å²) >= 11 is 0. The maximum atomic E-state index is 14.0. The molecule has 12 heteroatoms. The molecule has 0 atom stereocenters. The van der Waals surface area contributed by atoms with Gasteiger partial charge in [-0.3, -0.25) is 4.79 Å². The first kappa shape index (κ1) is 19.6. The van der Waals surface area contributed by atoms with E-state index in [0.29, 0.717) is 5.69 Å². The fourth-order valence-corrected chi connectivity index (χ4v) is 2.68. The SMILES string of the molecule is CC(=O)Oc1ccc(-n2cc3cc(OS(=O)(=O)C(F)(F)F)c(F)cc3n2)cc1. The zero-order chi connectivity index (χ0) is 20.7. The fraction of sp³-hybridized carbons (Fsp3) is 0.125. The van der Waals surface area contributed by atoms with Gasteiger partial charge in [0, 0.05) is 24.6 Å². The quantitative estimate of drug-likeness (QED) is 0.212. The lowest BCUT2D eigenvalue weighted by Gasteiger charge is -2.09. The largest absolute Gasteiger partial charge is 0.534 e. The van der Waals surface area contributed by atoms with Crippen LogP contribution in [0, 0.1) is 5.82 Å². The lowest BCUT2D eigenvalue weighted by Crippen LogP contribution is -2.28. The molecule has 0 aliphatic carbocycles. The minimum absolute atomic E-state index is 0.0540. The Kier molecular flexibility index (Phi) is 4.75. The number of alkyl halides is 3. The molecule has 0 amide bonds. The van der Waals surface area contributed by atoms with Gasteiger partial charge in [0.15, 0.2) is 11.6 Å². The zero-order valence-electron chi connectivity index (χ0n) is 13.9.